The van der Waals surface area contributed by atoms with Crippen molar-refractivity contribution in [2.75, 3.05) is 19.6 Å². The number of hydrogen-bond donors (Lipinski definition) is 1. The number of amides is 1. The number of carbonyl (C=O) groups excluding carboxylic acids is 1. The Labute approximate surface area is 215 Å². The number of benzene rings is 2. The van der Waals surface area contributed by atoms with Gasteiger partial charge in [0.25, 0.3) is 5.91 Å². The van der Waals surface area contributed by atoms with Crippen LogP contribution in [0.25, 0.3) is 5.57 Å². The zero-order valence-electron chi connectivity index (χ0n) is 22.0. The maximum atomic E-state index is 12.9. The lowest BCUT2D eigenvalue weighted by atomic mass is 9.85. The molecule has 0 spiro atoms. The molecule has 5 nitrogen and oxygen atoms in total. The summed E-state index contributed by atoms with van der Waals surface area (Å²) in [4.78, 5) is 29.1. The molecule has 1 amide bonds. The van der Waals surface area contributed by atoms with Gasteiger partial charge in [0.1, 0.15) is 0 Å². The average molecular weight is 487 g/mol. The van der Waals surface area contributed by atoms with E-state index >= 15 is 0 Å². The standard InChI is InChI=1S/C31H38N2O3/c1-5-32(6-2)30(34)23-12-10-22(11-13-23)29(24-8-7-9-25(18-24)31(35)36)26-19-27-14-15-28(20-26)33(27)17-16-21(3)4/h7-13,16,18,27-28H,5-6,14-15,17,19-20H2,1-4H3,(H,35,36). The molecular weight excluding hydrogens is 448 g/mol. The van der Waals surface area contributed by atoms with Crippen molar-refractivity contribution in [1.29, 1.82) is 0 Å². The van der Waals surface area contributed by atoms with E-state index in [1.807, 2.05) is 55.1 Å². The fourth-order valence-electron chi connectivity index (χ4n) is 5.75. The lowest BCUT2D eigenvalue weighted by Crippen LogP contribution is -2.40. The van der Waals surface area contributed by atoms with E-state index in [0.29, 0.717) is 36.3 Å². The van der Waals surface area contributed by atoms with Crippen LogP contribution in [-0.4, -0.2) is 58.5 Å². The summed E-state index contributed by atoms with van der Waals surface area (Å²) in [5, 5.41) is 9.63. The highest BCUT2D eigenvalue weighted by atomic mass is 16.4. The quantitative estimate of drug-likeness (QED) is 0.447. The molecular formula is C31H38N2O3. The van der Waals surface area contributed by atoms with Gasteiger partial charge in [-0.25, -0.2) is 4.79 Å². The van der Waals surface area contributed by atoms with Crippen molar-refractivity contribution >= 4 is 17.4 Å². The number of aromatic carboxylic acids is 1. The van der Waals surface area contributed by atoms with Crippen LogP contribution in [0.2, 0.25) is 0 Å². The summed E-state index contributed by atoms with van der Waals surface area (Å²) in [6, 6.07) is 16.2. The maximum absolute atomic E-state index is 12.9. The minimum atomic E-state index is -0.919. The highest BCUT2D eigenvalue weighted by molar-refractivity contribution is 5.95. The third kappa shape index (κ3) is 5.46. The fraction of sp³-hybridized carbons (Fsp3) is 0.419. The molecule has 2 unspecified atom stereocenters. The Hall–Kier alpha value is -3.18. The Morgan fingerprint density at radius 1 is 0.917 bits per heavy atom. The predicted octanol–water partition coefficient (Wildman–Crippen LogP) is 6.26. The third-order valence-corrected chi connectivity index (χ3v) is 7.67. The number of rotatable bonds is 8. The number of allylic oxidation sites excluding steroid dienone is 1. The van der Waals surface area contributed by atoms with E-state index in [0.717, 1.165) is 36.1 Å². The molecule has 0 aliphatic carbocycles. The summed E-state index contributed by atoms with van der Waals surface area (Å²) in [5.41, 5.74) is 6.82. The van der Waals surface area contributed by atoms with Crippen LogP contribution in [0.4, 0.5) is 0 Å². The van der Waals surface area contributed by atoms with E-state index in [-0.39, 0.29) is 5.91 Å². The molecule has 2 aromatic carbocycles. The number of carboxylic acid groups (broad SMARTS) is 1. The second-order valence-electron chi connectivity index (χ2n) is 10.2. The molecule has 190 valence electrons. The van der Waals surface area contributed by atoms with Crippen molar-refractivity contribution in [3.05, 3.63) is 88.0 Å². The first-order valence-corrected chi connectivity index (χ1v) is 13.2. The number of fused-ring (bicyclic) bond motifs is 2. The van der Waals surface area contributed by atoms with Gasteiger partial charge in [0.05, 0.1) is 5.56 Å². The summed E-state index contributed by atoms with van der Waals surface area (Å²) in [5.74, 6) is -0.878. The highest BCUT2D eigenvalue weighted by Crippen LogP contribution is 2.43. The van der Waals surface area contributed by atoms with E-state index in [1.54, 1.807) is 12.1 Å². The zero-order chi connectivity index (χ0) is 25.8. The van der Waals surface area contributed by atoms with Crippen LogP contribution in [0.1, 0.15) is 85.2 Å². The van der Waals surface area contributed by atoms with Gasteiger partial charge in [-0.3, -0.25) is 9.69 Å². The van der Waals surface area contributed by atoms with Crippen LogP contribution in [0.3, 0.4) is 0 Å². The summed E-state index contributed by atoms with van der Waals surface area (Å²) in [6.07, 6.45) is 6.69. The van der Waals surface area contributed by atoms with Gasteiger partial charge in [-0.15, -0.1) is 0 Å². The molecule has 5 heteroatoms. The lowest BCUT2D eigenvalue weighted by Gasteiger charge is -2.37. The molecule has 36 heavy (non-hydrogen) atoms. The second kappa shape index (κ2) is 11.3. The summed E-state index contributed by atoms with van der Waals surface area (Å²) in [6.45, 7) is 10.6. The van der Waals surface area contributed by atoms with Crippen molar-refractivity contribution < 1.29 is 14.7 Å². The SMILES string of the molecule is CCN(CC)C(=O)c1ccc(C(=C2CC3CCC(C2)N3CC=C(C)C)c2cccc(C(=O)O)c2)cc1. The normalized spacial score (nSPS) is 19.2. The van der Waals surface area contributed by atoms with Crippen LogP contribution in [0.5, 0.6) is 0 Å². The molecule has 0 saturated carbocycles. The molecule has 4 rings (SSSR count). The summed E-state index contributed by atoms with van der Waals surface area (Å²) in [7, 11) is 0. The van der Waals surface area contributed by atoms with Gasteiger partial charge in [0, 0.05) is 37.3 Å². The van der Waals surface area contributed by atoms with Gasteiger partial charge in [-0.05, 0) is 94.3 Å². The Bertz CT molecular complexity index is 1150. The molecule has 2 heterocycles. The van der Waals surface area contributed by atoms with Crippen molar-refractivity contribution in [2.45, 2.75) is 65.5 Å². The molecule has 0 aromatic heterocycles. The smallest absolute Gasteiger partial charge is 0.335 e. The topological polar surface area (TPSA) is 60.9 Å². The van der Waals surface area contributed by atoms with E-state index in [4.69, 9.17) is 0 Å². The Morgan fingerprint density at radius 3 is 2.06 bits per heavy atom. The van der Waals surface area contributed by atoms with E-state index in [2.05, 4.69) is 24.8 Å². The van der Waals surface area contributed by atoms with Crippen molar-refractivity contribution in [3.8, 4) is 0 Å². The minimum Gasteiger partial charge on any atom is -0.478 e. The van der Waals surface area contributed by atoms with Crippen LogP contribution in [0.15, 0.2) is 65.8 Å². The molecule has 0 radical (unpaired) electrons. The monoisotopic (exact) mass is 486 g/mol. The van der Waals surface area contributed by atoms with Crippen LogP contribution in [0, 0.1) is 0 Å². The Balaban J connectivity index is 1.74. The van der Waals surface area contributed by atoms with Crippen molar-refractivity contribution in [1.82, 2.24) is 9.80 Å². The van der Waals surface area contributed by atoms with E-state index < -0.39 is 5.97 Å². The molecule has 2 saturated heterocycles. The molecule has 2 bridgehead atoms. The molecule has 2 aromatic rings. The Kier molecular flexibility index (Phi) is 8.10. The predicted molar refractivity (Wildman–Crippen MR) is 145 cm³/mol. The summed E-state index contributed by atoms with van der Waals surface area (Å²) < 4.78 is 0. The Morgan fingerprint density at radius 2 is 1.50 bits per heavy atom. The minimum absolute atomic E-state index is 0.0410. The first kappa shape index (κ1) is 25.9. The van der Waals surface area contributed by atoms with Crippen LogP contribution >= 0.6 is 0 Å². The van der Waals surface area contributed by atoms with E-state index in [9.17, 15) is 14.7 Å². The first-order chi connectivity index (χ1) is 17.3. The molecule has 2 aliphatic rings. The number of carbonyl (C=O) groups is 2. The molecule has 1 N–H and O–H groups in total. The van der Waals surface area contributed by atoms with Gasteiger partial charge in [0.2, 0.25) is 0 Å². The fourth-order valence-corrected chi connectivity index (χ4v) is 5.75. The lowest BCUT2D eigenvalue weighted by molar-refractivity contribution is 0.0695. The number of hydrogen-bond acceptors (Lipinski definition) is 3. The number of nitrogens with zero attached hydrogens (tertiary/aromatic N) is 2. The first-order valence-electron chi connectivity index (χ1n) is 13.2. The largest absolute Gasteiger partial charge is 0.478 e. The summed E-state index contributed by atoms with van der Waals surface area (Å²) >= 11 is 0. The van der Waals surface area contributed by atoms with Gasteiger partial charge < -0.3 is 10.0 Å². The van der Waals surface area contributed by atoms with Gasteiger partial charge in [-0.1, -0.05) is 41.5 Å². The van der Waals surface area contributed by atoms with Gasteiger partial charge >= 0.3 is 5.97 Å². The number of piperidine rings is 1. The highest BCUT2D eigenvalue weighted by Gasteiger charge is 2.38. The molecule has 2 atom stereocenters. The van der Waals surface area contributed by atoms with Crippen LogP contribution in [-0.2, 0) is 0 Å². The zero-order valence-corrected chi connectivity index (χ0v) is 22.0. The van der Waals surface area contributed by atoms with Crippen LogP contribution < -0.4 is 0 Å². The van der Waals surface area contributed by atoms with Gasteiger partial charge in [-0.2, -0.15) is 0 Å². The third-order valence-electron chi connectivity index (χ3n) is 7.67. The van der Waals surface area contributed by atoms with Crippen molar-refractivity contribution in [2.24, 2.45) is 0 Å². The number of carboxylic acids is 1. The molecule has 2 aliphatic heterocycles. The van der Waals surface area contributed by atoms with Gasteiger partial charge in [0.15, 0.2) is 0 Å². The maximum Gasteiger partial charge on any atom is 0.335 e. The second-order valence-corrected chi connectivity index (χ2v) is 10.2. The molecule has 2 fully saturated rings. The van der Waals surface area contributed by atoms with Crippen molar-refractivity contribution in [3.63, 3.8) is 0 Å². The van der Waals surface area contributed by atoms with E-state index in [1.165, 1.54) is 24.0 Å². The average Bonchev–Trinajstić information content (AvgIpc) is 3.11.